The van der Waals surface area contributed by atoms with Crippen LogP contribution in [0.2, 0.25) is 0 Å². The van der Waals surface area contributed by atoms with Crippen LogP contribution in [0.3, 0.4) is 0 Å². The molecule has 0 saturated carbocycles. The van der Waals surface area contributed by atoms with Crippen LogP contribution in [0.5, 0.6) is 0 Å². The highest BCUT2D eigenvalue weighted by Gasteiger charge is 1.96. The van der Waals surface area contributed by atoms with E-state index in [1.54, 1.807) is 0 Å². The molecular weight excluding hydrogens is 296 g/mol. The van der Waals surface area contributed by atoms with Crippen LogP contribution in [-0.4, -0.2) is 0 Å². The van der Waals surface area contributed by atoms with Gasteiger partial charge < -0.3 is 0 Å². The summed E-state index contributed by atoms with van der Waals surface area (Å²) in [5.74, 6) is 0. The van der Waals surface area contributed by atoms with Gasteiger partial charge in [-0.1, -0.05) is 82.7 Å². The van der Waals surface area contributed by atoms with Crippen molar-refractivity contribution >= 4 is 38.9 Å². The van der Waals surface area contributed by atoms with Crippen LogP contribution in [0, 0.1) is 0 Å². The van der Waals surface area contributed by atoms with Crippen molar-refractivity contribution in [3.8, 4) is 0 Å². The summed E-state index contributed by atoms with van der Waals surface area (Å²) in [5, 5.41) is 2.57. The van der Waals surface area contributed by atoms with Gasteiger partial charge in [0.2, 0.25) is 0 Å². The predicted molar refractivity (Wildman–Crippen MR) is 87.0 cm³/mol. The Morgan fingerprint density at radius 2 is 1.42 bits per heavy atom. The minimum atomic E-state index is 1.11. The summed E-state index contributed by atoms with van der Waals surface area (Å²) in [7, 11) is 0. The standard InChI is InChI=1S/C18H13Br/c19-17-12-9-14(10-13-17)8-11-16-6-3-5-15-4-1-2-7-18(15)16/h1-13H/b11-8-. The van der Waals surface area contributed by atoms with Gasteiger partial charge in [0.05, 0.1) is 0 Å². The maximum Gasteiger partial charge on any atom is 0.0175 e. The van der Waals surface area contributed by atoms with E-state index in [0.29, 0.717) is 0 Å². The molecule has 0 amide bonds. The van der Waals surface area contributed by atoms with Crippen molar-refractivity contribution in [2.45, 2.75) is 0 Å². The van der Waals surface area contributed by atoms with Crippen LogP contribution < -0.4 is 0 Å². The summed E-state index contributed by atoms with van der Waals surface area (Å²) in [6.45, 7) is 0. The van der Waals surface area contributed by atoms with Crippen LogP contribution in [0.15, 0.2) is 71.2 Å². The van der Waals surface area contributed by atoms with E-state index in [1.165, 1.54) is 21.9 Å². The van der Waals surface area contributed by atoms with E-state index in [1.807, 2.05) is 0 Å². The molecular formula is C18H13Br. The fourth-order valence-electron chi connectivity index (χ4n) is 2.16. The smallest absolute Gasteiger partial charge is 0.0175 e. The molecule has 0 nitrogen and oxygen atoms in total. The number of hydrogen-bond donors (Lipinski definition) is 0. The van der Waals surface area contributed by atoms with Gasteiger partial charge >= 0.3 is 0 Å². The first-order valence-corrected chi connectivity index (χ1v) is 7.04. The molecule has 3 aromatic rings. The highest BCUT2D eigenvalue weighted by molar-refractivity contribution is 9.10. The third-order valence-electron chi connectivity index (χ3n) is 3.15. The largest absolute Gasteiger partial charge is 0.0616 e. The molecule has 92 valence electrons. The topological polar surface area (TPSA) is 0 Å². The van der Waals surface area contributed by atoms with Crippen molar-refractivity contribution in [2.24, 2.45) is 0 Å². The Morgan fingerprint density at radius 1 is 0.684 bits per heavy atom. The number of halogens is 1. The summed E-state index contributed by atoms with van der Waals surface area (Å²) < 4.78 is 1.11. The fraction of sp³-hybridized carbons (Fsp3) is 0. The molecule has 0 unspecified atom stereocenters. The van der Waals surface area contributed by atoms with Gasteiger partial charge in [0.1, 0.15) is 0 Å². The summed E-state index contributed by atoms with van der Waals surface area (Å²) in [6, 6.07) is 23.2. The van der Waals surface area contributed by atoms with Crippen molar-refractivity contribution in [1.29, 1.82) is 0 Å². The molecule has 0 radical (unpaired) electrons. The molecule has 0 atom stereocenters. The molecule has 0 aliphatic heterocycles. The molecule has 1 heteroatoms. The van der Waals surface area contributed by atoms with E-state index in [-0.39, 0.29) is 0 Å². The third-order valence-corrected chi connectivity index (χ3v) is 3.68. The normalized spacial score (nSPS) is 11.2. The van der Waals surface area contributed by atoms with Gasteiger partial charge in [-0.05, 0) is 34.0 Å². The van der Waals surface area contributed by atoms with Crippen molar-refractivity contribution in [3.05, 3.63) is 82.3 Å². The Kier molecular flexibility index (Phi) is 3.47. The summed E-state index contributed by atoms with van der Waals surface area (Å²) >= 11 is 3.45. The van der Waals surface area contributed by atoms with Gasteiger partial charge in [-0.15, -0.1) is 0 Å². The van der Waals surface area contributed by atoms with Crippen molar-refractivity contribution in [1.82, 2.24) is 0 Å². The Labute approximate surface area is 121 Å². The molecule has 0 heterocycles. The maximum absolute atomic E-state index is 3.45. The first kappa shape index (κ1) is 12.2. The van der Waals surface area contributed by atoms with E-state index < -0.39 is 0 Å². The van der Waals surface area contributed by atoms with E-state index in [9.17, 15) is 0 Å². The molecule has 0 aromatic heterocycles. The van der Waals surface area contributed by atoms with Crippen molar-refractivity contribution in [3.63, 3.8) is 0 Å². The van der Waals surface area contributed by atoms with Crippen molar-refractivity contribution < 1.29 is 0 Å². The van der Waals surface area contributed by atoms with Gasteiger partial charge in [-0.25, -0.2) is 0 Å². The lowest BCUT2D eigenvalue weighted by molar-refractivity contribution is 1.62. The molecule has 3 aromatic carbocycles. The number of fused-ring (bicyclic) bond motifs is 1. The molecule has 0 bridgehead atoms. The van der Waals surface area contributed by atoms with Gasteiger partial charge in [0.25, 0.3) is 0 Å². The Bertz CT molecular complexity index is 719. The minimum absolute atomic E-state index is 1.11. The zero-order valence-corrected chi connectivity index (χ0v) is 12.0. The van der Waals surface area contributed by atoms with Crippen LogP contribution in [0.25, 0.3) is 22.9 Å². The molecule has 0 aliphatic carbocycles. The van der Waals surface area contributed by atoms with Crippen LogP contribution in [0.4, 0.5) is 0 Å². The highest BCUT2D eigenvalue weighted by Crippen LogP contribution is 2.21. The summed E-state index contributed by atoms with van der Waals surface area (Å²) in [6.07, 6.45) is 4.32. The first-order valence-electron chi connectivity index (χ1n) is 6.24. The molecule has 0 N–H and O–H groups in total. The lowest BCUT2D eigenvalue weighted by atomic mass is 10.0. The predicted octanol–water partition coefficient (Wildman–Crippen LogP) is 5.77. The lowest BCUT2D eigenvalue weighted by Gasteiger charge is -2.01. The molecule has 0 saturated heterocycles. The fourth-order valence-corrected chi connectivity index (χ4v) is 2.42. The zero-order valence-electron chi connectivity index (χ0n) is 10.4. The van der Waals surface area contributed by atoms with E-state index >= 15 is 0 Å². The third kappa shape index (κ3) is 2.77. The Balaban J connectivity index is 1.99. The van der Waals surface area contributed by atoms with Gasteiger partial charge in [0, 0.05) is 4.47 Å². The van der Waals surface area contributed by atoms with Gasteiger partial charge in [0.15, 0.2) is 0 Å². The summed E-state index contributed by atoms with van der Waals surface area (Å²) in [5.41, 5.74) is 2.46. The van der Waals surface area contributed by atoms with E-state index in [2.05, 4.69) is 94.8 Å². The van der Waals surface area contributed by atoms with Gasteiger partial charge in [-0.2, -0.15) is 0 Å². The monoisotopic (exact) mass is 308 g/mol. The first-order chi connectivity index (χ1) is 9.33. The average Bonchev–Trinajstić information content (AvgIpc) is 2.47. The molecule has 0 aliphatic rings. The van der Waals surface area contributed by atoms with E-state index in [4.69, 9.17) is 0 Å². The summed E-state index contributed by atoms with van der Waals surface area (Å²) in [4.78, 5) is 0. The maximum atomic E-state index is 3.45. The van der Waals surface area contributed by atoms with Crippen LogP contribution in [0.1, 0.15) is 11.1 Å². The highest BCUT2D eigenvalue weighted by atomic mass is 79.9. The molecule has 0 spiro atoms. The zero-order chi connectivity index (χ0) is 13.1. The second kappa shape index (κ2) is 5.41. The quantitative estimate of drug-likeness (QED) is 0.527. The Morgan fingerprint density at radius 3 is 2.26 bits per heavy atom. The SMILES string of the molecule is Brc1ccc(/C=C\c2cccc3ccccc23)cc1. The lowest BCUT2D eigenvalue weighted by Crippen LogP contribution is -1.77. The second-order valence-corrected chi connectivity index (χ2v) is 5.37. The van der Waals surface area contributed by atoms with Gasteiger partial charge in [-0.3, -0.25) is 0 Å². The number of benzene rings is 3. The van der Waals surface area contributed by atoms with Crippen LogP contribution in [-0.2, 0) is 0 Å². The molecule has 19 heavy (non-hydrogen) atoms. The average molecular weight is 309 g/mol. The molecule has 0 fully saturated rings. The van der Waals surface area contributed by atoms with E-state index in [0.717, 1.165) is 4.47 Å². The second-order valence-electron chi connectivity index (χ2n) is 4.45. The minimum Gasteiger partial charge on any atom is -0.0616 e. The van der Waals surface area contributed by atoms with Crippen LogP contribution >= 0.6 is 15.9 Å². The number of rotatable bonds is 2. The Hall–Kier alpha value is -1.86. The van der Waals surface area contributed by atoms with Crippen molar-refractivity contribution in [2.75, 3.05) is 0 Å². The molecule has 3 rings (SSSR count). The number of hydrogen-bond acceptors (Lipinski definition) is 0.